The fourth-order valence-electron chi connectivity index (χ4n) is 2.80. The largest absolute Gasteiger partial charge is 0.256 e. The summed E-state index contributed by atoms with van der Waals surface area (Å²) in [5.41, 5.74) is 2.18. The number of pyridine rings is 1. The van der Waals surface area contributed by atoms with Gasteiger partial charge in [-0.05, 0) is 28.3 Å². The van der Waals surface area contributed by atoms with Crippen molar-refractivity contribution in [3.8, 4) is 11.3 Å². The lowest BCUT2D eigenvalue weighted by molar-refractivity contribution is 1.36. The van der Waals surface area contributed by atoms with Crippen molar-refractivity contribution in [3.63, 3.8) is 0 Å². The molecule has 0 aliphatic rings. The number of halogens is 1. The molecule has 0 saturated carbocycles. The average Bonchev–Trinajstić information content (AvgIpc) is 2.54. The summed E-state index contributed by atoms with van der Waals surface area (Å²) < 4.78 is 1.07. The number of hydrogen-bond acceptors (Lipinski definition) is 1. The highest BCUT2D eigenvalue weighted by molar-refractivity contribution is 9.10. The Morgan fingerprint density at radius 3 is 2.14 bits per heavy atom. The molecule has 0 spiro atoms. The summed E-state index contributed by atoms with van der Waals surface area (Å²) in [6, 6.07) is 23.1. The zero-order valence-electron chi connectivity index (χ0n) is 11.3. The maximum atomic E-state index is 4.66. The summed E-state index contributed by atoms with van der Waals surface area (Å²) in [5, 5.41) is 4.83. The molecule has 1 aromatic heterocycles. The lowest BCUT2D eigenvalue weighted by Crippen LogP contribution is -1.89. The summed E-state index contributed by atoms with van der Waals surface area (Å²) in [6.45, 7) is 0. The molecule has 0 N–H and O–H groups in total. The van der Waals surface area contributed by atoms with E-state index >= 15 is 0 Å². The van der Waals surface area contributed by atoms with E-state index in [0.717, 1.165) is 15.7 Å². The molecule has 1 nitrogen and oxygen atoms in total. The standard InChI is InChI=1S/C19H12BrN/c20-17-10-9-13-5-1-3-7-15(13)18(17)19-16-8-4-2-6-14(16)11-12-21-19/h1-12H. The van der Waals surface area contributed by atoms with Gasteiger partial charge in [-0.25, -0.2) is 0 Å². The van der Waals surface area contributed by atoms with Gasteiger partial charge >= 0.3 is 0 Å². The summed E-state index contributed by atoms with van der Waals surface area (Å²) in [6.07, 6.45) is 1.88. The molecular formula is C19H12BrN. The average molecular weight is 334 g/mol. The van der Waals surface area contributed by atoms with Crippen LogP contribution in [0.4, 0.5) is 0 Å². The summed E-state index contributed by atoms with van der Waals surface area (Å²) in [5.74, 6) is 0. The van der Waals surface area contributed by atoms with Crippen molar-refractivity contribution in [1.82, 2.24) is 4.98 Å². The number of hydrogen-bond donors (Lipinski definition) is 0. The van der Waals surface area contributed by atoms with E-state index in [0.29, 0.717) is 0 Å². The van der Waals surface area contributed by atoms with E-state index in [9.17, 15) is 0 Å². The van der Waals surface area contributed by atoms with E-state index in [4.69, 9.17) is 0 Å². The monoisotopic (exact) mass is 333 g/mol. The van der Waals surface area contributed by atoms with Crippen molar-refractivity contribution < 1.29 is 0 Å². The quantitative estimate of drug-likeness (QED) is 0.427. The Labute approximate surface area is 131 Å². The minimum absolute atomic E-state index is 1.02. The molecule has 4 aromatic rings. The second-order valence-electron chi connectivity index (χ2n) is 5.02. The number of aromatic nitrogens is 1. The van der Waals surface area contributed by atoms with E-state index in [1.807, 2.05) is 6.20 Å². The topological polar surface area (TPSA) is 12.9 Å². The van der Waals surface area contributed by atoms with Gasteiger partial charge in [0.25, 0.3) is 0 Å². The molecule has 1 heterocycles. The Morgan fingerprint density at radius 2 is 1.33 bits per heavy atom. The van der Waals surface area contributed by atoms with Crippen molar-refractivity contribution in [2.24, 2.45) is 0 Å². The number of rotatable bonds is 1. The van der Waals surface area contributed by atoms with Gasteiger partial charge in [-0.15, -0.1) is 0 Å². The van der Waals surface area contributed by atoms with Crippen LogP contribution in [0, 0.1) is 0 Å². The third kappa shape index (κ3) is 2.03. The molecule has 21 heavy (non-hydrogen) atoms. The first kappa shape index (κ1) is 12.5. The molecule has 0 saturated heterocycles. The third-order valence-electron chi connectivity index (χ3n) is 3.79. The second kappa shape index (κ2) is 4.97. The summed E-state index contributed by atoms with van der Waals surface area (Å²) in [7, 11) is 0. The molecule has 0 unspecified atom stereocenters. The molecule has 0 fully saturated rings. The molecule has 0 bridgehead atoms. The van der Waals surface area contributed by atoms with Crippen LogP contribution >= 0.6 is 15.9 Å². The van der Waals surface area contributed by atoms with E-state index in [1.54, 1.807) is 0 Å². The second-order valence-corrected chi connectivity index (χ2v) is 5.88. The third-order valence-corrected chi connectivity index (χ3v) is 4.45. The fourth-order valence-corrected chi connectivity index (χ4v) is 3.34. The van der Waals surface area contributed by atoms with E-state index < -0.39 is 0 Å². The van der Waals surface area contributed by atoms with Crippen molar-refractivity contribution >= 4 is 37.5 Å². The van der Waals surface area contributed by atoms with Gasteiger partial charge in [-0.1, -0.05) is 70.5 Å². The zero-order chi connectivity index (χ0) is 14.2. The molecule has 100 valence electrons. The summed E-state index contributed by atoms with van der Waals surface area (Å²) >= 11 is 3.70. The van der Waals surface area contributed by atoms with Gasteiger partial charge < -0.3 is 0 Å². The van der Waals surface area contributed by atoms with Crippen LogP contribution in [-0.4, -0.2) is 4.98 Å². The van der Waals surface area contributed by atoms with Crippen LogP contribution in [0.3, 0.4) is 0 Å². The van der Waals surface area contributed by atoms with Crippen molar-refractivity contribution in [2.75, 3.05) is 0 Å². The predicted octanol–water partition coefficient (Wildman–Crippen LogP) is 5.82. The van der Waals surface area contributed by atoms with Gasteiger partial charge in [-0.3, -0.25) is 4.98 Å². The van der Waals surface area contributed by atoms with Crippen molar-refractivity contribution in [2.45, 2.75) is 0 Å². The minimum Gasteiger partial charge on any atom is -0.256 e. The SMILES string of the molecule is Brc1ccc2ccccc2c1-c1nccc2ccccc12. The van der Waals surface area contributed by atoms with Gasteiger partial charge in [0.05, 0.1) is 5.69 Å². The highest BCUT2D eigenvalue weighted by Gasteiger charge is 2.12. The number of fused-ring (bicyclic) bond motifs is 2. The maximum absolute atomic E-state index is 4.66. The maximum Gasteiger partial charge on any atom is 0.0797 e. The van der Waals surface area contributed by atoms with Gasteiger partial charge in [0.15, 0.2) is 0 Å². The van der Waals surface area contributed by atoms with Crippen LogP contribution in [0.2, 0.25) is 0 Å². The van der Waals surface area contributed by atoms with Crippen LogP contribution in [0.15, 0.2) is 77.4 Å². The van der Waals surface area contributed by atoms with Crippen LogP contribution in [0.5, 0.6) is 0 Å². The van der Waals surface area contributed by atoms with Gasteiger partial charge in [-0.2, -0.15) is 0 Å². The van der Waals surface area contributed by atoms with Crippen LogP contribution < -0.4 is 0 Å². The minimum atomic E-state index is 1.02. The Balaban J connectivity index is 2.16. The number of nitrogens with zero attached hydrogens (tertiary/aromatic N) is 1. The van der Waals surface area contributed by atoms with Crippen molar-refractivity contribution in [3.05, 3.63) is 77.4 Å². The first-order chi connectivity index (χ1) is 10.3. The van der Waals surface area contributed by atoms with Gasteiger partial charge in [0.2, 0.25) is 0 Å². The molecule has 0 aliphatic heterocycles. The van der Waals surface area contributed by atoms with E-state index in [1.165, 1.54) is 21.5 Å². The molecule has 0 radical (unpaired) electrons. The Morgan fingerprint density at radius 1 is 0.667 bits per heavy atom. The van der Waals surface area contributed by atoms with Crippen LogP contribution in [0.1, 0.15) is 0 Å². The molecule has 0 aliphatic carbocycles. The fraction of sp³-hybridized carbons (Fsp3) is 0. The lowest BCUT2D eigenvalue weighted by atomic mass is 9.98. The lowest BCUT2D eigenvalue weighted by Gasteiger charge is -2.11. The number of benzene rings is 3. The van der Waals surface area contributed by atoms with Gasteiger partial charge in [0, 0.05) is 21.6 Å². The Bertz CT molecular complexity index is 954. The van der Waals surface area contributed by atoms with E-state index in [2.05, 4.69) is 87.6 Å². The normalized spacial score (nSPS) is 11.1. The zero-order valence-corrected chi connectivity index (χ0v) is 12.8. The molecule has 0 amide bonds. The first-order valence-corrected chi connectivity index (χ1v) is 7.65. The van der Waals surface area contributed by atoms with Crippen molar-refractivity contribution in [1.29, 1.82) is 0 Å². The molecule has 2 heteroatoms. The molecule has 4 rings (SSSR count). The highest BCUT2D eigenvalue weighted by Crippen LogP contribution is 2.37. The Kier molecular flexibility index (Phi) is 2.97. The molecule has 3 aromatic carbocycles. The van der Waals surface area contributed by atoms with Crippen LogP contribution in [0.25, 0.3) is 32.8 Å². The predicted molar refractivity (Wildman–Crippen MR) is 92.4 cm³/mol. The Hall–Kier alpha value is -2.19. The molecule has 0 atom stereocenters. The van der Waals surface area contributed by atoms with Crippen LogP contribution in [-0.2, 0) is 0 Å². The highest BCUT2D eigenvalue weighted by atomic mass is 79.9. The van der Waals surface area contributed by atoms with Gasteiger partial charge in [0.1, 0.15) is 0 Å². The first-order valence-electron chi connectivity index (χ1n) is 6.86. The smallest absolute Gasteiger partial charge is 0.0797 e. The molecular weight excluding hydrogens is 322 g/mol. The van der Waals surface area contributed by atoms with E-state index in [-0.39, 0.29) is 0 Å². The summed E-state index contributed by atoms with van der Waals surface area (Å²) in [4.78, 5) is 4.66.